The maximum Gasteiger partial charge on any atom is 0.000708 e. The molecule has 1 atom stereocenters. The third kappa shape index (κ3) is 7.34. The van der Waals surface area contributed by atoms with Crippen LogP contribution in [0.1, 0.15) is 46.0 Å². The predicted octanol–water partition coefficient (Wildman–Crippen LogP) is 2.48. The monoisotopic (exact) mass is 200 g/mol. The van der Waals surface area contributed by atoms with Crippen LogP contribution in [0.25, 0.3) is 0 Å². The molecule has 2 nitrogen and oxygen atoms in total. The van der Waals surface area contributed by atoms with Gasteiger partial charge in [0.1, 0.15) is 0 Å². The van der Waals surface area contributed by atoms with Crippen molar-refractivity contribution in [3.8, 4) is 0 Å². The molecule has 0 aliphatic rings. The van der Waals surface area contributed by atoms with E-state index in [0.29, 0.717) is 0 Å². The Labute approximate surface area is 89.9 Å². The lowest BCUT2D eigenvalue weighted by Gasteiger charge is -2.23. The molecule has 0 saturated heterocycles. The molecule has 0 heterocycles. The summed E-state index contributed by atoms with van der Waals surface area (Å²) in [5.41, 5.74) is 5.63. The fourth-order valence-corrected chi connectivity index (χ4v) is 1.97. The van der Waals surface area contributed by atoms with E-state index in [9.17, 15) is 0 Å². The summed E-state index contributed by atoms with van der Waals surface area (Å²) in [7, 11) is 2.22. The molecule has 1 unspecified atom stereocenters. The van der Waals surface area contributed by atoms with Gasteiger partial charge in [0.2, 0.25) is 0 Å². The third-order valence-electron chi connectivity index (χ3n) is 2.72. The second-order valence-corrected chi connectivity index (χ2v) is 4.35. The lowest BCUT2D eigenvalue weighted by Crippen LogP contribution is -2.27. The Morgan fingerprint density at radius 3 is 2.36 bits per heavy atom. The molecule has 0 aliphatic heterocycles. The molecule has 0 amide bonds. The summed E-state index contributed by atoms with van der Waals surface area (Å²) >= 11 is 0. The molecule has 0 radical (unpaired) electrons. The van der Waals surface area contributed by atoms with Crippen LogP contribution in [0.4, 0.5) is 0 Å². The number of hydrogen-bond donors (Lipinski definition) is 1. The van der Waals surface area contributed by atoms with Crippen molar-refractivity contribution in [3.63, 3.8) is 0 Å². The lowest BCUT2D eigenvalue weighted by atomic mass is 9.98. The highest BCUT2D eigenvalue weighted by Gasteiger charge is 2.09. The van der Waals surface area contributed by atoms with Gasteiger partial charge in [-0.25, -0.2) is 0 Å². The zero-order chi connectivity index (χ0) is 10.8. The van der Waals surface area contributed by atoms with Gasteiger partial charge >= 0.3 is 0 Å². The van der Waals surface area contributed by atoms with Crippen LogP contribution in [0.2, 0.25) is 0 Å². The summed E-state index contributed by atoms with van der Waals surface area (Å²) in [5.74, 6) is 0.816. The average Bonchev–Trinajstić information content (AvgIpc) is 2.15. The van der Waals surface area contributed by atoms with E-state index < -0.39 is 0 Å². The van der Waals surface area contributed by atoms with E-state index in [1.807, 2.05) is 0 Å². The standard InChI is InChI=1S/C12H28N2/c1-4-6-7-12(8-9-13)11-14(3)10-5-2/h12H,4-11,13H2,1-3H3. The topological polar surface area (TPSA) is 29.3 Å². The minimum Gasteiger partial charge on any atom is -0.330 e. The number of unbranched alkanes of at least 4 members (excludes halogenated alkanes) is 1. The highest BCUT2D eigenvalue weighted by molar-refractivity contribution is 4.64. The van der Waals surface area contributed by atoms with Crippen molar-refractivity contribution in [3.05, 3.63) is 0 Å². The molecule has 0 aromatic rings. The Hall–Kier alpha value is -0.0800. The van der Waals surface area contributed by atoms with Gasteiger partial charge in [-0.15, -0.1) is 0 Å². The molecule has 0 aliphatic carbocycles. The quantitative estimate of drug-likeness (QED) is 0.619. The zero-order valence-corrected chi connectivity index (χ0v) is 10.3. The minimum absolute atomic E-state index is 0.816. The van der Waals surface area contributed by atoms with Crippen LogP contribution < -0.4 is 5.73 Å². The van der Waals surface area contributed by atoms with Gasteiger partial charge in [-0.3, -0.25) is 0 Å². The summed E-state index contributed by atoms with van der Waals surface area (Å²) in [6.45, 7) is 7.78. The van der Waals surface area contributed by atoms with Crippen LogP contribution in [0, 0.1) is 5.92 Å². The first-order valence-corrected chi connectivity index (χ1v) is 6.13. The van der Waals surface area contributed by atoms with Crippen LogP contribution in [0.5, 0.6) is 0 Å². The van der Waals surface area contributed by atoms with Crippen molar-refractivity contribution in [2.45, 2.75) is 46.0 Å². The van der Waals surface area contributed by atoms with Crippen LogP contribution in [-0.4, -0.2) is 31.6 Å². The van der Waals surface area contributed by atoms with Gasteiger partial charge < -0.3 is 10.6 Å². The van der Waals surface area contributed by atoms with Crippen LogP contribution in [-0.2, 0) is 0 Å². The van der Waals surface area contributed by atoms with Crippen LogP contribution >= 0.6 is 0 Å². The molecule has 86 valence electrons. The van der Waals surface area contributed by atoms with E-state index in [0.717, 1.165) is 12.5 Å². The van der Waals surface area contributed by atoms with E-state index in [1.165, 1.54) is 45.2 Å². The molecule has 2 heteroatoms. The number of hydrogen-bond acceptors (Lipinski definition) is 2. The van der Waals surface area contributed by atoms with Gasteiger partial charge in [0.25, 0.3) is 0 Å². The van der Waals surface area contributed by atoms with Crippen LogP contribution in [0.15, 0.2) is 0 Å². The predicted molar refractivity (Wildman–Crippen MR) is 64.5 cm³/mol. The van der Waals surface area contributed by atoms with Crippen molar-refractivity contribution in [1.82, 2.24) is 4.90 Å². The molecule has 0 spiro atoms. The Morgan fingerprint density at radius 1 is 1.14 bits per heavy atom. The third-order valence-corrected chi connectivity index (χ3v) is 2.72. The van der Waals surface area contributed by atoms with Gasteiger partial charge in [-0.05, 0) is 45.3 Å². The van der Waals surface area contributed by atoms with Gasteiger partial charge in [0, 0.05) is 6.54 Å². The summed E-state index contributed by atoms with van der Waals surface area (Å²) in [6, 6.07) is 0. The fraction of sp³-hybridized carbons (Fsp3) is 1.00. The Bertz CT molecular complexity index is 115. The Balaban J connectivity index is 3.69. The highest BCUT2D eigenvalue weighted by atomic mass is 15.1. The first-order chi connectivity index (χ1) is 6.74. The normalized spacial score (nSPS) is 13.5. The smallest absolute Gasteiger partial charge is 0.000708 e. The lowest BCUT2D eigenvalue weighted by molar-refractivity contribution is 0.257. The molecular weight excluding hydrogens is 172 g/mol. The minimum atomic E-state index is 0.816. The molecule has 0 aromatic heterocycles. The van der Waals surface area contributed by atoms with Crippen LogP contribution in [0.3, 0.4) is 0 Å². The second kappa shape index (κ2) is 9.47. The number of nitrogens with two attached hydrogens (primary N) is 1. The molecule has 0 bridgehead atoms. The average molecular weight is 200 g/mol. The first kappa shape index (κ1) is 13.9. The van der Waals surface area contributed by atoms with Crippen molar-refractivity contribution < 1.29 is 0 Å². The molecule has 14 heavy (non-hydrogen) atoms. The fourth-order valence-electron chi connectivity index (χ4n) is 1.97. The molecule has 0 rings (SSSR count). The van der Waals surface area contributed by atoms with E-state index in [-0.39, 0.29) is 0 Å². The second-order valence-electron chi connectivity index (χ2n) is 4.35. The SMILES string of the molecule is CCCCC(CCN)CN(C)CCC. The Morgan fingerprint density at radius 2 is 1.86 bits per heavy atom. The summed E-state index contributed by atoms with van der Waals surface area (Å²) in [5, 5.41) is 0. The summed E-state index contributed by atoms with van der Waals surface area (Å²) in [6.07, 6.45) is 6.44. The molecule has 0 aromatic carbocycles. The van der Waals surface area contributed by atoms with Gasteiger partial charge in [-0.2, -0.15) is 0 Å². The molecular formula is C12H28N2. The van der Waals surface area contributed by atoms with E-state index in [2.05, 4.69) is 25.8 Å². The zero-order valence-electron chi connectivity index (χ0n) is 10.3. The summed E-state index contributed by atoms with van der Waals surface area (Å²) < 4.78 is 0. The number of rotatable bonds is 9. The molecule has 0 fully saturated rings. The number of nitrogens with zero attached hydrogens (tertiary/aromatic N) is 1. The summed E-state index contributed by atoms with van der Waals surface area (Å²) in [4.78, 5) is 2.44. The van der Waals surface area contributed by atoms with E-state index >= 15 is 0 Å². The first-order valence-electron chi connectivity index (χ1n) is 6.13. The van der Waals surface area contributed by atoms with Crippen molar-refractivity contribution in [2.75, 3.05) is 26.7 Å². The van der Waals surface area contributed by atoms with Crippen molar-refractivity contribution in [2.24, 2.45) is 11.7 Å². The van der Waals surface area contributed by atoms with Crippen molar-refractivity contribution in [1.29, 1.82) is 0 Å². The largest absolute Gasteiger partial charge is 0.330 e. The van der Waals surface area contributed by atoms with Crippen molar-refractivity contribution >= 4 is 0 Å². The molecule has 0 saturated carbocycles. The maximum absolute atomic E-state index is 5.63. The van der Waals surface area contributed by atoms with E-state index in [1.54, 1.807) is 0 Å². The molecule has 2 N–H and O–H groups in total. The Kier molecular flexibility index (Phi) is 9.42. The van der Waals surface area contributed by atoms with Gasteiger partial charge in [0.05, 0.1) is 0 Å². The maximum atomic E-state index is 5.63. The van der Waals surface area contributed by atoms with Gasteiger partial charge in [0.15, 0.2) is 0 Å². The van der Waals surface area contributed by atoms with E-state index in [4.69, 9.17) is 5.73 Å². The van der Waals surface area contributed by atoms with Gasteiger partial charge in [-0.1, -0.05) is 26.7 Å². The highest BCUT2D eigenvalue weighted by Crippen LogP contribution is 2.13.